The molecule has 0 bridgehead atoms. The minimum Gasteiger partial charge on any atom is -0.350 e. The number of carbonyl (C=O) groups is 1. The average Bonchev–Trinajstić information content (AvgIpc) is 3.04. The number of hydrogen-bond acceptors (Lipinski definition) is 3. The maximum absolute atomic E-state index is 12.7. The number of aryl methyl sites for hydroxylation is 1. The van der Waals surface area contributed by atoms with Crippen LogP contribution in [0.15, 0.2) is 18.2 Å². The topological polar surface area (TPSA) is 38.8 Å². The van der Waals surface area contributed by atoms with Gasteiger partial charge in [-0.3, -0.25) is 4.79 Å². The van der Waals surface area contributed by atoms with E-state index < -0.39 is 0 Å². The number of benzene rings is 1. The van der Waals surface area contributed by atoms with Gasteiger partial charge in [0, 0.05) is 24.6 Å². The summed E-state index contributed by atoms with van der Waals surface area (Å²) in [5.41, 5.74) is 3.09. The summed E-state index contributed by atoms with van der Waals surface area (Å²) in [6.45, 7) is 7.06. The molecule has 0 aliphatic carbocycles. The van der Waals surface area contributed by atoms with Crippen molar-refractivity contribution in [3.05, 3.63) is 34.9 Å². The fourth-order valence-electron chi connectivity index (χ4n) is 3.18. The van der Waals surface area contributed by atoms with E-state index in [1.807, 2.05) is 36.9 Å². The van der Waals surface area contributed by atoms with Gasteiger partial charge < -0.3 is 14.4 Å². The zero-order valence-corrected chi connectivity index (χ0v) is 12.8. The number of amides is 1. The minimum atomic E-state index is -0.0528. The molecular formula is C17H23NO3. The van der Waals surface area contributed by atoms with Gasteiger partial charge in [-0.15, -0.1) is 0 Å². The van der Waals surface area contributed by atoms with Crippen molar-refractivity contribution >= 4 is 5.91 Å². The van der Waals surface area contributed by atoms with Gasteiger partial charge in [0.2, 0.25) is 0 Å². The van der Waals surface area contributed by atoms with E-state index in [0.29, 0.717) is 19.1 Å². The van der Waals surface area contributed by atoms with E-state index in [1.54, 1.807) is 0 Å². The van der Waals surface area contributed by atoms with E-state index in [4.69, 9.17) is 9.47 Å². The highest BCUT2D eigenvalue weighted by atomic mass is 16.7. The first-order valence-corrected chi connectivity index (χ1v) is 7.75. The molecule has 0 aromatic heterocycles. The van der Waals surface area contributed by atoms with Gasteiger partial charge in [0.05, 0.1) is 13.2 Å². The normalized spacial score (nSPS) is 21.0. The highest BCUT2D eigenvalue weighted by Crippen LogP contribution is 2.27. The lowest BCUT2D eigenvalue weighted by atomic mass is 9.95. The second kappa shape index (κ2) is 6.16. The van der Waals surface area contributed by atoms with E-state index >= 15 is 0 Å². The van der Waals surface area contributed by atoms with Crippen molar-refractivity contribution in [1.82, 2.24) is 4.90 Å². The molecular weight excluding hydrogens is 266 g/mol. The van der Waals surface area contributed by atoms with Gasteiger partial charge in [0.1, 0.15) is 0 Å². The van der Waals surface area contributed by atoms with Crippen molar-refractivity contribution in [3.63, 3.8) is 0 Å². The highest BCUT2D eigenvalue weighted by Gasteiger charge is 2.32. The van der Waals surface area contributed by atoms with E-state index in [1.165, 1.54) is 5.56 Å². The lowest BCUT2D eigenvalue weighted by Crippen LogP contribution is -2.41. The third-order valence-electron chi connectivity index (χ3n) is 4.69. The van der Waals surface area contributed by atoms with Crippen LogP contribution in [0.1, 0.15) is 34.3 Å². The summed E-state index contributed by atoms with van der Waals surface area (Å²) in [5.74, 6) is 0.582. The zero-order chi connectivity index (χ0) is 14.8. The second-order valence-corrected chi connectivity index (χ2v) is 5.99. The largest absolute Gasteiger partial charge is 0.350 e. The molecule has 21 heavy (non-hydrogen) atoms. The first kappa shape index (κ1) is 14.5. The van der Waals surface area contributed by atoms with Gasteiger partial charge in [-0.25, -0.2) is 0 Å². The van der Waals surface area contributed by atoms with Crippen LogP contribution < -0.4 is 0 Å². The SMILES string of the molecule is Cc1cccc(C(=O)N2CCC(C3OCCO3)CC2)c1C. The van der Waals surface area contributed by atoms with E-state index in [0.717, 1.165) is 37.1 Å². The van der Waals surface area contributed by atoms with Crippen LogP contribution in [0.2, 0.25) is 0 Å². The summed E-state index contributed by atoms with van der Waals surface area (Å²) >= 11 is 0. The molecule has 0 saturated carbocycles. The second-order valence-electron chi connectivity index (χ2n) is 5.99. The highest BCUT2D eigenvalue weighted by molar-refractivity contribution is 5.96. The molecule has 1 amide bonds. The molecule has 3 rings (SSSR count). The molecule has 0 spiro atoms. The van der Waals surface area contributed by atoms with E-state index in [9.17, 15) is 4.79 Å². The lowest BCUT2D eigenvalue weighted by Gasteiger charge is -2.34. The number of rotatable bonds is 2. The van der Waals surface area contributed by atoms with Crippen molar-refractivity contribution in [2.24, 2.45) is 5.92 Å². The Kier molecular flexibility index (Phi) is 4.27. The monoisotopic (exact) mass is 289 g/mol. The number of likely N-dealkylation sites (tertiary alicyclic amines) is 1. The van der Waals surface area contributed by atoms with Crippen molar-refractivity contribution < 1.29 is 14.3 Å². The summed E-state index contributed by atoms with van der Waals surface area (Å²) in [7, 11) is 0. The third-order valence-corrected chi connectivity index (χ3v) is 4.69. The van der Waals surface area contributed by atoms with Crippen LogP contribution >= 0.6 is 0 Å². The molecule has 1 aromatic carbocycles. The molecule has 2 heterocycles. The van der Waals surface area contributed by atoms with Crippen molar-refractivity contribution in [1.29, 1.82) is 0 Å². The summed E-state index contributed by atoms with van der Waals surface area (Å²) < 4.78 is 11.2. The van der Waals surface area contributed by atoms with Gasteiger partial charge in [0.25, 0.3) is 5.91 Å². The summed E-state index contributed by atoms with van der Waals surface area (Å²) in [6.07, 6.45) is 1.87. The van der Waals surface area contributed by atoms with Crippen LogP contribution in [0.4, 0.5) is 0 Å². The van der Waals surface area contributed by atoms with Crippen LogP contribution in [0.3, 0.4) is 0 Å². The number of nitrogens with zero attached hydrogens (tertiary/aromatic N) is 1. The minimum absolute atomic E-state index is 0.0528. The molecule has 0 N–H and O–H groups in total. The Bertz CT molecular complexity index is 515. The Balaban J connectivity index is 1.63. The smallest absolute Gasteiger partial charge is 0.254 e. The average molecular weight is 289 g/mol. The Morgan fingerprint density at radius 2 is 1.81 bits per heavy atom. The molecule has 0 radical (unpaired) electrons. The fraction of sp³-hybridized carbons (Fsp3) is 0.588. The molecule has 4 heteroatoms. The maximum Gasteiger partial charge on any atom is 0.254 e. The first-order valence-electron chi connectivity index (χ1n) is 7.75. The van der Waals surface area contributed by atoms with Gasteiger partial charge in [-0.2, -0.15) is 0 Å². The number of piperidine rings is 1. The lowest BCUT2D eigenvalue weighted by molar-refractivity contribution is -0.0956. The van der Waals surface area contributed by atoms with Crippen LogP contribution in [0.5, 0.6) is 0 Å². The molecule has 114 valence electrons. The summed E-state index contributed by atoms with van der Waals surface area (Å²) in [6, 6.07) is 5.94. The van der Waals surface area contributed by atoms with Crippen LogP contribution in [0.25, 0.3) is 0 Å². The van der Waals surface area contributed by atoms with Gasteiger partial charge in [-0.1, -0.05) is 12.1 Å². The molecule has 0 atom stereocenters. The number of ether oxygens (including phenoxy) is 2. The Hall–Kier alpha value is -1.39. The van der Waals surface area contributed by atoms with Crippen LogP contribution in [-0.2, 0) is 9.47 Å². The Morgan fingerprint density at radius 1 is 1.14 bits per heavy atom. The molecule has 2 saturated heterocycles. The fourth-order valence-corrected chi connectivity index (χ4v) is 3.18. The quantitative estimate of drug-likeness (QED) is 0.840. The number of carbonyl (C=O) groups excluding carboxylic acids is 1. The molecule has 2 aliphatic rings. The predicted molar refractivity (Wildman–Crippen MR) is 80.2 cm³/mol. The van der Waals surface area contributed by atoms with Gasteiger partial charge >= 0.3 is 0 Å². The Morgan fingerprint density at radius 3 is 2.48 bits per heavy atom. The van der Waals surface area contributed by atoms with E-state index in [2.05, 4.69) is 0 Å². The van der Waals surface area contributed by atoms with Gasteiger partial charge in [0.15, 0.2) is 6.29 Å². The summed E-state index contributed by atoms with van der Waals surface area (Å²) in [4.78, 5) is 14.6. The van der Waals surface area contributed by atoms with Crippen molar-refractivity contribution in [2.75, 3.05) is 26.3 Å². The maximum atomic E-state index is 12.7. The predicted octanol–water partition coefficient (Wildman–Crippen LogP) is 2.53. The van der Waals surface area contributed by atoms with Crippen molar-refractivity contribution in [2.45, 2.75) is 33.0 Å². The standard InChI is InChI=1S/C17H23NO3/c1-12-4-3-5-15(13(12)2)16(19)18-8-6-14(7-9-18)17-20-10-11-21-17/h3-5,14,17H,6-11H2,1-2H3. The number of hydrogen-bond donors (Lipinski definition) is 0. The zero-order valence-electron chi connectivity index (χ0n) is 12.8. The molecule has 0 unspecified atom stereocenters. The van der Waals surface area contributed by atoms with Crippen molar-refractivity contribution in [3.8, 4) is 0 Å². The first-order chi connectivity index (χ1) is 10.2. The summed E-state index contributed by atoms with van der Waals surface area (Å²) in [5, 5.41) is 0. The Labute approximate surface area is 126 Å². The molecule has 2 aliphatic heterocycles. The molecule has 2 fully saturated rings. The molecule has 4 nitrogen and oxygen atoms in total. The van der Waals surface area contributed by atoms with Crippen LogP contribution in [-0.4, -0.2) is 43.4 Å². The van der Waals surface area contributed by atoms with Crippen LogP contribution in [0, 0.1) is 19.8 Å². The van der Waals surface area contributed by atoms with E-state index in [-0.39, 0.29) is 12.2 Å². The molecule has 1 aromatic rings. The van der Waals surface area contributed by atoms with Gasteiger partial charge in [-0.05, 0) is 43.9 Å². The third kappa shape index (κ3) is 2.97.